The molecule has 0 spiro atoms. The summed E-state index contributed by atoms with van der Waals surface area (Å²) in [6.45, 7) is 2.82. The number of rotatable bonds is 7. The van der Waals surface area contributed by atoms with Gasteiger partial charge in [0.1, 0.15) is 40.8 Å². The third-order valence-electron chi connectivity index (χ3n) is 7.05. The second kappa shape index (κ2) is 10.0. The Balaban J connectivity index is 1.38. The second-order valence-electron chi connectivity index (χ2n) is 9.43. The summed E-state index contributed by atoms with van der Waals surface area (Å²) in [4.78, 5) is 22.9. The van der Waals surface area contributed by atoms with Gasteiger partial charge in [-0.2, -0.15) is 5.10 Å². The Hall–Kier alpha value is -3.84. The molecule has 4 heterocycles. The van der Waals surface area contributed by atoms with Crippen molar-refractivity contribution >= 4 is 21.6 Å². The highest BCUT2D eigenvalue weighted by Gasteiger charge is 2.41. The van der Waals surface area contributed by atoms with Crippen molar-refractivity contribution in [1.82, 2.24) is 29.6 Å². The van der Waals surface area contributed by atoms with Crippen LogP contribution in [-0.4, -0.2) is 42.6 Å². The van der Waals surface area contributed by atoms with Gasteiger partial charge in [0.05, 0.1) is 31.0 Å². The lowest BCUT2D eigenvalue weighted by atomic mass is 9.86. The lowest BCUT2D eigenvalue weighted by Crippen LogP contribution is -2.43. The van der Waals surface area contributed by atoms with Gasteiger partial charge in [-0.1, -0.05) is 30.3 Å². The molecule has 2 N–H and O–H groups in total. The fourth-order valence-corrected chi connectivity index (χ4v) is 5.93. The minimum atomic E-state index is -1.99. The van der Waals surface area contributed by atoms with E-state index in [-0.39, 0.29) is 23.9 Å². The van der Waals surface area contributed by atoms with Gasteiger partial charge in [-0.25, -0.2) is 23.4 Å². The highest BCUT2D eigenvalue weighted by Crippen LogP contribution is 2.37. The first-order valence-corrected chi connectivity index (χ1v) is 13.1. The van der Waals surface area contributed by atoms with Crippen molar-refractivity contribution in [3.63, 3.8) is 0 Å². The normalized spacial score (nSPS) is 17.9. The Morgan fingerprint density at radius 1 is 1.21 bits per heavy atom. The fourth-order valence-electron chi connectivity index (χ4n) is 4.88. The Morgan fingerprint density at radius 3 is 2.72 bits per heavy atom. The van der Waals surface area contributed by atoms with Gasteiger partial charge in [0, 0.05) is 23.1 Å². The number of nitrogens with zero attached hydrogens (tertiary/aromatic N) is 5. The summed E-state index contributed by atoms with van der Waals surface area (Å²) in [5.41, 5.74) is -0.0889. The first-order chi connectivity index (χ1) is 18.8. The Kier molecular flexibility index (Phi) is 6.55. The molecule has 0 aliphatic carbocycles. The molecule has 1 aliphatic heterocycles. The van der Waals surface area contributed by atoms with E-state index in [1.54, 1.807) is 6.92 Å². The molecule has 0 radical (unpaired) electrons. The molecule has 1 saturated heterocycles. The van der Waals surface area contributed by atoms with E-state index in [0.717, 1.165) is 28.6 Å². The minimum absolute atomic E-state index is 0.126. The van der Waals surface area contributed by atoms with Crippen LogP contribution in [0.3, 0.4) is 0 Å². The highest BCUT2D eigenvalue weighted by atomic mass is 32.1. The molecular formula is C27H24F2N6O3S. The number of aromatic nitrogens is 5. The molecule has 3 aromatic heterocycles. The van der Waals surface area contributed by atoms with Gasteiger partial charge in [-0.15, -0.1) is 11.3 Å². The first-order valence-electron chi connectivity index (χ1n) is 12.3. The third-order valence-corrected chi connectivity index (χ3v) is 8.21. The van der Waals surface area contributed by atoms with Crippen LogP contribution in [0.2, 0.25) is 0 Å². The van der Waals surface area contributed by atoms with E-state index in [4.69, 9.17) is 4.74 Å². The number of aliphatic hydroxyl groups is 1. The molecule has 1 unspecified atom stereocenters. The number of halogens is 2. The van der Waals surface area contributed by atoms with E-state index in [1.807, 2.05) is 30.3 Å². The predicted molar refractivity (Wildman–Crippen MR) is 141 cm³/mol. The summed E-state index contributed by atoms with van der Waals surface area (Å²) in [6, 6.07) is 11.7. The summed E-state index contributed by atoms with van der Waals surface area (Å²) in [7, 11) is 0. The molecule has 1 aliphatic rings. The smallest absolute Gasteiger partial charge is 0.271 e. The molecule has 200 valence electrons. The van der Waals surface area contributed by atoms with Gasteiger partial charge in [-0.3, -0.25) is 14.7 Å². The van der Waals surface area contributed by atoms with Crippen LogP contribution in [0.1, 0.15) is 30.3 Å². The minimum Gasteiger partial charge on any atom is -0.381 e. The molecule has 1 fully saturated rings. The van der Waals surface area contributed by atoms with Crippen molar-refractivity contribution < 1.29 is 18.6 Å². The van der Waals surface area contributed by atoms with Crippen molar-refractivity contribution in [3.05, 3.63) is 101 Å². The molecular weight excluding hydrogens is 526 g/mol. The summed E-state index contributed by atoms with van der Waals surface area (Å²) >= 11 is 1.29. The lowest BCUT2D eigenvalue weighted by Gasteiger charge is -2.35. The van der Waals surface area contributed by atoms with Crippen LogP contribution in [0.4, 0.5) is 8.78 Å². The zero-order valence-electron chi connectivity index (χ0n) is 20.8. The van der Waals surface area contributed by atoms with Gasteiger partial charge < -0.3 is 9.84 Å². The summed E-state index contributed by atoms with van der Waals surface area (Å²) in [5, 5.41) is 19.2. The Morgan fingerprint density at radius 2 is 2.03 bits per heavy atom. The third kappa shape index (κ3) is 4.65. The van der Waals surface area contributed by atoms with E-state index in [2.05, 4.69) is 20.4 Å². The van der Waals surface area contributed by atoms with E-state index >= 15 is 0 Å². The molecule has 0 amide bonds. The zero-order valence-corrected chi connectivity index (χ0v) is 21.6. The van der Waals surface area contributed by atoms with Gasteiger partial charge in [0.25, 0.3) is 5.56 Å². The quantitative estimate of drug-likeness (QED) is 0.318. The van der Waals surface area contributed by atoms with Crippen LogP contribution in [0.5, 0.6) is 0 Å². The molecule has 0 saturated carbocycles. The van der Waals surface area contributed by atoms with Crippen molar-refractivity contribution in [2.45, 2.75) is 31.3 Å². The number of fused-ring (bicyclic) bond motifs is 1. The molecule has 12 heteroatoms. The second-order valence-corrected chi connectivity index (χ2v) is 10.5. The average molecular weight is 551 g/mol. The van der Waals surface area contributed by atoms with Gasteiger partial charge >= 0.3 is 0 Å². The number of hydrogen-bond acceptors (Lipinski definition) is 8. The van der Waals surface area contributed by atoms with Crippen LogP contribution in [0.25, 0.3) is 20.7 Å². The zero-order chi connectivity index (χ0) is 27.1. The van der Waals surface area contributed by atoms with Gasteiger partial charge in [0.2, 0.25) is 0 Å². The standard InChI is InChI=1S/C27H24F2N6O3S/c1-16(27(37,12-34-14-30-13-33-34)20-7-6-19(28)10-21(20)29)35-15-32-22-11-23(39-24(22)26(35)36)17-2-4-18(5-3-17)25-31-8-9-38-25/h2-7,10-11,13-16,25,31,37H,8-9,12H2,1H3/t16-,25?,27-/m1/s1. The largest absolute Gasteiger partial charge is 0.381 e. The fraction of sp³-hybridized carbons (Fsp3) is 0.259. The average Bonchev–Trinajstić information content (AvgIpc) is 3.71. The van der Waals surface area contributed by atoms with Crippen molar-refractivity contribution in [1.29, 1.82) is 0 Å². The predicted octanol–water partition coefficient (Wildman–Crippen LogP) is 3.76. The van der Waals surface area contributed by atoms with Crippen molar-refractivity contribution in [3.8, 4) is 10.4 Å². The molecule has 39 heavy (non-hydrogen) atoms. The molecule has 6 rings (SSSR count). The maximum absolute atomic E-state index is 15.0. The molecule has 2 aromatic carbocycles. The summed E-state index contributed by atoms with van der Waals surface area (Å²) in [5.74, 6) is -1.72. The Labute approximate surface area is 225 Å². The van der Waals surface area contributed by atoms with Gasteiger partial charge in [-0.05, 0) is 30.2 Å². The number of nitrogens with one attached hydrogen (secondary N) is 1. The molecule has 5 aromatic rings. The van der Waals surface area contributed by atoms with E-state index in [0.29, 0.717) is 22.9 Å². The Bertz CT molecular complexity index is 1680. The molecule has 0 bridgehead atoms. The van der Waals surface area contributed by atoms with Crippen LogP contribution < -0.4 is 10.9 Å². The maximum atomic E-state index is 15.0. The molecule has 9 nitrogen and oxygen atoms in total. The van der Waals surface area contributed by atoms with Crippen LogP contribution in [-0.2, 0) is 16.9 Å². The highest BCUT2D eigenvalue weighted by molar-refractivity contribution is 7.22. The van der Waals surface area contributed by atoms with Crippen LogP contribution in [0, 0.1) is 11.6 Å². The van der Waals surface area contributed by atoms with Crippen molar-refractivity contribution in [2.75, 3.05) is 13.2 Å². The maximum Gasteiger partial charge on any atom is 0.271 e. The summed E-state index contributed by atoms with van der Waals surface area (Å²) < 4.78 is 37.3. The number of benzene rings is 2. The topological polar surface area (TPSA) is 107 Å². The van der Waals surface area contributed by atoms with Crippen molar-refractivity contribution in [2.24, 2.45) is 0 Å². The van der Waals surface area contributed by atoms with E-state index in [9.17, 15) is 18.7 Å². The van der Waals surface area contributed by atoms with Gasteiger partial charge in [0.15, 0.2) is 0 Å². The monoisotopic (exact) mass is 550 g/mol. The van der Waals surface area contributed by atoms with E-state index in [1.165, 1.54) is 45.6 Å². The molecule has 3 atom stereocenters. The number of hydrogen-bond donors (Lipinski definition) is 2. The number of thiophene rings is 1. The van der Waals surface area contributed by atoms with E-state index < -0.39 is 23.3 Å². The number of ether oxygens (including phenoxy) is 1. The first kappa shape index (κ1) is 25.4. The SMILES string of the molecule is C[C@@H](n1cnc2cc(-c3ccc(C4NCCO4)cc3)sc2c1=O)[C@](O)(Cn1cncn1)c1ccc(F)cc1F. The van der Waals surface area contributed by atoms with Crippen LogP contribution >= 0.6 is 11.3 Å². The van der Waals surface area contributed by atoms with Crippen LogP contribution in [0.15, 0.2) is 72.3 Å². The summed E-state index contributed by atoms with van der Waals surface area (Å²) in [6.07, 6.45) is 3.86. The lowest BCUT2D eigenvalue weighted by molar-refractivity contribution is -0.0343.